The number of thioether (sulfide) groups is 1. The molecule has 0 radical (unpaired) electrons. The van der Waals surface area contributed by atoms with Crippen LogP contribution in [0.4, 0.5) is 10.1 Å². The minimum atomic E-state index is -0.379. The van der Waals surface area contributed by atoms with Crippen LogP contribution in [0.1, 0.15) is 16.9 Å². The second kappa shape index (κ2) is 13.5. The first-order valence-electron chi connectivity index (χ1n) is 12.4. The zero-order chi connectivity index (χ0) is 29.5. The van der Waals surface area contributed by atoms with Gasteiger partial charge in [0.2, 0.25) is 0 Å². The minimum absolute atomic E-state index is 0.130. The van der Waals surface area contributed by atoms with E-state index in [0.717, 1.165) is 11.8 Å². The van der Waals surface area contributed by atoms with E-state index < -0.39 is 0 Å². The SMILES string of the molecule is O=C(COc1ccc(Cl)cc1/C=C1\S/C(=N/N=C\c2ccc(F)cc2)N(Cc2ccco2)C1=O)Nc1ccc(Cl)cc1. The largest absolute Gasteiger partial charge is 0.483 e. The van der Waals surface area contributed by atoms with E-state index in [1.54, 1.807) is 72.8 Å². The predicted molar refractivity (Wildman–Crippen MR) is 163 cm³/mol. The highest BCUT2D eigenvalue weighted by Crippen LogP contribution is 2.36. The number of amides is 2. The second-order valence-electron chi connectivity index (χ2n) is 8.79. The lowest BCUT2D eigenvalue weighted by molar-refractivity contribution is -0.122. The molecule has 212 valence electrons. The van der Waals surface area contributed by atoms with Gasteiger partial charge in [-0.25, -0.2) is 4.39 Å². The van der Waals surface area contributed by atoms with Gasteiger partial charge in [0.1, 0.15) is 17.3 Å². The second-order valence-corrected chi connectivity index (χ2v) is 10.7. The number of ether oxygens (including phenoxy) is 1. The molecule has 42 heavy (non-hydrogen) atoms. The van der Waals surface area contributed by atoms with Crippen LogP contribution in [-0.4, -0.2) is 34.7 Å². The zero-order valence-electron chi connectivity index (χ0n) is 21.7. The van der Waals surface area contributed by atoms with Gasteiger partial charge in [-0.05, 0) is 90.1 Å². The van der Waals surface area contributed by atoms with Gasteiger partial charge in [-0.1, -0.05) is 35.3 Å². The van der Waals surface area contributed by atoms with Crippen molar-refractivity contribution in [2.45, 2.75) is 6.54 Å². The number of nitrogens with one attached hydrogen (secondary N) is 1. The molecule has 0 atom stereocenters. The van der Waals surface area contributed by atoms with Crippen LogP contribution in [-0.2, 0) is 16.1 Å². The number of nitrogens with zero attached hydrogens (tertiary/aromatic N) is 3. The molecule has 2 heterocycles. The Kier molecular flexibility index (Phi) is 9.38. The van der Waals surface area contributed by atoms with Crippen molar-refractivity contribution < 1.29 is 23.1 Å². The summed E-state index contributed by atoms with van der Waals surface area (Å²) in [6.07, 6.45) is 4.59. The number of furan rings is 1. The molecule has 1 saturated heterocycles. The zero-order valence-corrected chi connectivity index (χ0v) is 24.0. The highest BCUT2D eigenvalue weighted by atomic mass is 35.5. The van der Waals surface area contributed by atoms with Gasteiger partial charge in [0, 0.05) is 21.3 Å². The van der Waals surface area contributed by atoms with Crippen molar-refractivity contribution in [3.05, 3.63) is 123 Å². The van der Waals surface area contributed by atoms with E-state index >= 15 is 0 Å². The Balaban J connectivity index is 1.36. The molecule has 0 unspecified atom stereocenters. The fraction of sp³-hybridized carbons (Fsp3) is 0.0667. The van der Waals surface area contributed by atoms with Gasteiger partial charge < -0.3 is 14.5 Å². The number of amidine groups is 1. The maximum atomic E-state index is 13.5. The molecule has 1 aliphatic heterocycles. The fourth-order valence-corrected chi connectivity index (χ4v) is 4.98. The Bertz CT molecular complexity index is 1670. The van der Waals surface area contributed by atoms with E-state index in [0.29, 0.717) is 48.4 Å². The van der Waals surface area contributed by atoms with Crippen LogP contribution in [0, 0.1) is 5.82 Å². The lowest BCUT2D eigenvalue weighted by Crippen LogP contribution is -2.28. The molecule has 3 aromatic carbocycles. The van der Waals surface area contributed by atoms with Crippen molar-refractivity contribution >= 4 is 69.9 Å². The van der Waals surface area contributed by atoms with E-state index in [1.165, 1.54) is 29.5 Å². The first-order chi connectivity index (χ1) is 20.3. The number of rotatable bonds is 9. The van der Waals surface area contributed by atoms with Crippen LogP contribution in [0.3, 0.4) is 0 Å². The Morgan fingerprint density at radius 2 is 1.81 bits per heavy atom. The highest BCUT2D eigenvalue weighted by Gasteiger charge is 2.34. The predicted octanol–water partition coefficient (Wildman–Crippen LogP) is 7.25. The first-order valence-corrected chi connectivity index (χ1v) is 14.0. The maximum Gasteiger partial charge on any atom is 0.267 e. The van der Waals surface area contributed by atoms with Crippen LogP contribution < -0.4 is 10.1 Å². The van der Waals surface area contributed by atoms with Crippen molar-refractivity contribution in [3.63, 3.8) is 0 Å². The lowest BCUT2D eigenvalue weighted by atomic mass is 10.2. The third-order valence-corrected chi connectivity index (χ3v) is 7.23. The lowest BCUT2D eigenvalue weighted by Gasteiger charge is -2.13. The monoisotopic (exact) mass is 622 g/mol. The normalized spacial score (nSPS) is 15.2. The Hall–Kier alpha value is -4.38. The number of hydrogen-bond acceptors (Lipinski definition) is 7. The van der Waals surface area contributed by atoms with Crippen molar-refractivity contribution in [2.75, 3.05) is 11.9 Å². The van der Waals surface area contributed by atoms with Crippen LogP contribution >= 0.6 is 35.0 Å². The Morgan fingerprint density at radius 1 is 1.05 bits per heavy atom. The molecule has 0 saturated carbocycles. The van der Waals surface area contributed by atoms with Gasteiger partial charge in [0.15, 0.2) is 11.8 Å². The molecule has 1 aromatic heterocycles. The van der Waals surface area contributed by atoms with Gasteiger partial charge in [0.25, 0.3) is 11.8 Å². The Labute approximate surface area is 254 Å². The van der Waals surface area contributed by atoms with Crippen LogP contribution in [0.2, 0.25) is 10.0 Å². The summed E-state index contributed by atoms with van der Waals surface area (Å²) in [6.45, 7) is -0.151. The Morgan fingerprint density at radius 3 is 2.55 bits per heavy atom. The molecule has 1 N–H and O–H groups in total. The highest BCUT2D eigenvalue weighted by molar-refractivity contribution is 8.18. The van der Waals surface area contributed by atoms with Crippen LogP contribution in [0.15, 0.2) is 105 Å². The number of hydrogen-bond donors (Lipinski definition) is 1. The third-order valence-electron chi connectivity index (χ3n) is 5.75. The molecule has 5 rings (SSSR count). The summed E-state index contributed by atoms with van der Waals surface area (Å²) in [6, 6.07) is 20.8. The number of benzene rings is 3. The smallest absolute Gasteiger partial charge is 0.267 e. The van der Waals surface area contributed by atoms with Gasteiger partial charge >= 0.3 is 0 Å². The summed E-state index contributed by atoms with van der Waals surface area (Å²) in [5.74, 6) is -0.169. The summed E-state index contributed by atoms with van der Waals surface area (Å²) in [5.41, 5.74) is 1.71. The van der Waals surface area contributed by atoms with Gasteiger partial charge in [0.05, 0.1) is 23.9 Å². The minimum Gasteiger partial charge on any atom is -0.483 e. The number of carbonyl (C=O) groups excluding carboxylic acids is 2. The van der Waals surface area contributed by atoms with Gasteiger partial charge in [-0.2, -0.15) is 5.10 Å². The van der Waals surface area contributed by atoms with Crippen molar-refractivity contribution in [2.24, 2.45) is 10.2 Å². The maximum absolute atomic E-state index is 13.5. The summed E-state index contributed by atoms with van der Waals surface area (Å²) in [7, 11) is 0. The average molecular weight is 623 g/mol. The molecule has 1 fully saturated rings. The van der Waals surface area contributed by atoms with E-state index in [1.807, 2.05) is 0 Å². The first kappa shape index (κ1) is 29.1. The summed E-state index contributed by atoms with van der Waals surface area (Å²) < 4.78 is 24.4. The molecule has 2 amide bonds. The molecule has 12 heteroatoms. The molecule has 0 aliphatic carbocycles. The average Bonchev–Trinajstić information content (AvgIpc) is 3.59. The van der Waals surface area contributed by atoms with Crippen LogP contribution in [0.5, 0.6) is 5.75 Å². The summed E-state index contributed by atoms with van der Waals surface area (Å²) in [5, 5.41) is 12.4. The fourth-order valence-electron chi connectivity index (χ4n) is 3.75. The van der Waals surface area contributed by atoms with Gasteiger partial charge in [-0.15, -0.1) is 5.10 Å². The molecule has 0 spiro atoms. The van der Waals surface area contributed by atoms with E-state index in [2.05, 4.69) is 15.5 Å². The molecular formula is C30H21Cl2FN4O4S. The topological polar surface area (TPSA) is 96.5 Å². The van der Waals surface area contributed by atoms with E-state index in [4.69, 9.17) is 32.4 Å². The van der Waals surface area contributed by atoms with E-state index in [-0.39, 0.29) is 30.8 Å². The van der Waals surface area contributed by atoms with Crippen LogP contribution in [0.25, 0.3) is 6.08 Å². The summed E-state index contributed by atoms with van der Waals surface area (Å²) >= 11 is 13.3. The van der Waals surface area contributed by atoms with Crippen molar-refractivity contribution in [3.8, 4) is 5.75 Å². The molecule has 4 aromatic rings. The van der Waals surface area contributed by atoms with Crippen molar-refractivity contribution in [1.82, 2.24) is 4.90 Å². The van der Waals surface area contributed by atoms with E-state index in [9.17, 15) is 14.0 Å². The van der Waals surface area contributed by atoms with Gasteiger partial charge in [-0.3, -0.25) is 14.5 Å². The number of halogens is 3. The quantitative estimate of drug-likeness (QED) is 0.120. The molecule has 8 nitrogen and oxygen atoms in total. The number of carbonyl (C=O) groups is 2. The standard InChI is InChI=1S/C30H21Cl2FN4O4S/c31-21-5-10-24(11-6-21)35-28(38)18-41-26-12-7-22(32)14-20(26)15-27-29(39)37(17-25-2-1-13-40-25)30(42-27)36-34-16-19-3-8-23(33)9-4-19/h1-16H,17-18H2,(H,35,38)/b27-15-,34-16-,36-30+. The summed E-state index contributed by atoms with van der Waals surface area (Å²) in [4.78, 5) is 27.7. The number of anilines is 1. The molecule has 1 aliphatic rings. The molecule has 0 bridgehead atoms. The molecular weight excluding hydrogens is 602 g/mol. The third kappa shape index (κ3) is 7.67. The van der Waals surface area contributed by atoms with Crippen molar-refractivity contribution in [1.29, 1.82) is 0 Å².